The van der Waals surface area contributed by atoms with E-state index in [1.807, 2.05) is 36.4 Å². The Kier molecular flexibility index (Phi) is 10.8. The Morgan fingerprint density at radius 2 is 1.06 bits per heavy atom. The highest BCUT2D eigenvalue weighted by Crippen LogP contribution is 2.29. The summed E-state index contributed by atoms with van der Waals surface area (Å²) in [5, 5.41) is 20.7. The fraction of sp³-hybridized carbons (Fsp3) is 0.455. The van der Waals surface area contributed by atoms with E-state index < -0.39 is 12.2 Å². The van der Waals surface area contributed by atoms with Crippen molar-refractivity contribution in [1.82, 2.24) is 9.80 Å². The summed E-state index contributed by atoms with van der Waals surface area (Å²) in [6.07, 6.45) is -1.14. The fourth-order valence-corrected chi connectivity index (χ4v) is 5.74. The molecule has 0 aromatic heterocycles. The summed E-state index contributed by atoms with van der Waals surface area (Å²) in [5.74, 6) is 1.42. The molecule has 0 amide bonds. The highest BCUT2D eigenvalue weighted by atomic mass is 79.9. The van der Waals surface area contributed by atoms with Crippen LogP contribution in [0, 0.1) is 0 Å². The minimum atomic E-state index is -0.569. The number of piperazine rings is 1. The van der Waals surface area contributed by atoms with Crippen LogP contribution < -0.4 is 9.47 Å². The molecule has 0 unspecified atom stereocenters. The van der Waals surface area contributed by atoms with Gasteiger partial charge in [-0.25, -0.2) is 0 Å². The Balaban J connectivity index is 1.33. The molecule has 1 aliphatic rings. The van der Waals surface area contributed by atoms with Crippen LogP contribution in [-0.4, -0.2) is 84.7 Å². The molecule has 6 nitrogen and oxygen atoms in total. The Labute approximate surface area is 222 Å². The van der Waals surface area contributed by atoms with Crippen molar-refractivity contribution in [1.29, 1.82) is 0 Å². The van der Waals surface area contributed by atoms with Gasteiger partial charge in [0.05, 0.1) is 8.95 Å². The van der Waals surface area contributed by atoms with Gasteiger partial charge < -0.3 is 19.7 Å². The second-order valence-electron chi connectivity index (χ2n) is 7.68. The number of rotatable bonds is 10. The molecule has 32 heavy (non-hydrogen) atoms. The Morgan fingerprint density at radius 3 is 1.41 bits per heavy atom. The van der Waals surface area contributed by atoms with Crippen LogP contribution in [0.15, 0.2) is 54.3 Å². The quantitative estimate of drug-likeness (QED) is 0.380. The fourth-order valence-electron chi connectivity index (χ4n) is 3.41. The average molecular weight is 702 g/mol. The van der Waals surface area contributed by atoms with Gasteiger partial charge in [-0.05, 0) is 68.3 Å². The molecule has 2 N–H and O–H groups in total. The molecule has 2 atom stereocenters. The molecule has 2 aromatic rings. The number of hydrogen-bond donors (Lipinski definition) is 2. The maximum Gasteiger partial charge on any atom is 0.133 e. The summed E-state index contributed by atoms with van der Waals surface area (Å²) in [6, 6.07) is 11.4. The van der Waals surface area contributed by atoms with Gasteiger partial charge in [0.2, 0.25) is 0 Å². The molecule has 1 heterocycles. The van der Waals surface area contributed by atoms with E-state index in [0.717, 1.165) is 44.1 Å². The first kappa shape index (κ1) is 26.4. The molecule has 1 fully saturated rings. The molecule has 176 valence electrons. The van der Waals surface area contributed by atoms with Gasteiger partial charge in [-0.3, -0.25) is 9.80 Å². The minimum Gasteiger partial charge on any atom is -0.490 e. The number of hydrogen-bond acceptors (Lipinski definition) is 6. The van der Waals surface area contributed by atoms with Crippen LogP contribution in [-0.2, 0) is 0 Å². The first-order chi connectivity index (χ1) is 15.3. The molecule has 0 spiro atoms. The summed E-state index contributed by atoms with van der Waals surface area (Å²) in [6.45, 7) is 4.95. The van der Waals surface area contributed by atoms with Crippen LogP contribution in [0.1, 0.15) is 0 Å². The molecule has 1 saturated heterocycles. The Morgan fingerprint density at radius 1 is 0.688 bits per heavy atom. The third-order valence-corrected chi connectivity index (χ3v) is 7.28. The molecule has 10 heteroatoms. The van der Waals surface area contributed by atoms with Gasteiger partial charge in [0, 0.05) is 48.2 Å². The van der Waals surface area contributed by atoms with Crippen molar-refractivity contribution in [3.8, 4) is 11.5 Å². The van der Waals surface area contributed by atoms with Crippen molar-refractivity contribution < 1.29 is 19.7 Å². The van der Waals surface area contributed by atoms with E-state index in [1.165, 1.54) is 0 Å². The van der Waals surface area contributed by atoms with E-state index in [2.05, 4.69) is 73.5 Å². The molecule has 0 bridgehead atoms. The first-order valence-electron chi connectivity index (χ1n) is 10.3. The van der Waals surface area contributed by atoms with Gasteiger partial charge in [-0.2, -0.15) is 0 Å². The Hall–Kier alpha value is -0.200. The number of halogens is 4. The zero-order valence-corrected chi connectivity index (χ0v) is 23.7. The summed E-state index contributed by atoms with van der Waals surface area (Å²) >= 11 is 13.8. The lowest BCUT2D eigenvalue weighted by Gasteiger charge is -2.36. The maximum atomic E-state index is 10.4. The van der Waals surface area contributed by atoms with Crippen LogP contribution in [0.25, 0.3) is 0 Å². The first-order valence-corrected chi connectivity index (χ1v) is 13.4. The molecule has 0 aliphatic carbocycles. The third-order valence-electron chi connectivity index (χ3n) is 5.05. The highest BCUT2D eigenvalue weighted by Gasteiger charge is 2.21. The van der Waals surface area contributed by atoms with E-state index >= 15 is 0 Å². The number of β-amino-alcohol motifs (C(OH)–C–C–N with tert-alkyl or cyclic N) is 2. The smallest absolute Gasteiger partial charge is 0.133 e. The molecule has 0 saturated carbocycles. The summed E-state index contributed by atoms with van der Waals surface area (Å²) in [7, 11) is 0. The molecule has 1 aliphatic heterocycles. The van der Waals surface area contributed by atoms with Crippen LogP contribution in [0.2, 0.25) is 0 Å². The zero-order valence-electron chi connectivity index (χ0n) is 17.4. The van der Waals surface area contributed by atoms with Crippen LogP contribution >= 0.6 is 63.7 Å². The topological polar surface area (TPSA) is 65.4 Å². The van der Waals surface area contributed by atoms with Crippen molar-refractivity contribution in [3.05, 3.63) is 54.3 Å². The SMILES string of the molecule is O[C@H](COc1ccc(Br)cc1Br)CN1CCN(C[C@H](O)COc2ccc(Br)cc2Br)CC1. The second-order valence-corrected chi connectivity index (χ2v) is 11.2. The molecular weight excluding hydrogens is 676 g/mol. The van der Waals surface area contributed by atoms with Gasteiger partial charge in [0.1, 0.15) is 36.9 Å². The van der Waals surface area contributed by atoms with Crippen LogP contribution in [0.5, 0.6) is 11.5 Å². The standard InChI is InChI=1S/C22H26Br4N2O4/c23-15-1-3-21(19(25)9-15)31-13-17(29)11-27-5-7-28(8-6-27)12-18(30)14-32-22-4-2-16(24)10-20(22)26/h1-4,9-10,17-18,29-30H,5-8,11-14H2/t17-,18-/m0/s1. The average Bonchev–Trinajstić information content (AvgIpc) is 2.74. The van der Waals surface area contributed by atoms with Gasteiger partial charge in [-0.1, -0.05) is 31.9 Å². The summed E-state index contributed by atoms with van der Waals surface area (Å²) in [4.78, 5) is 4.45. The van der Waals surface area contributed by atoms with Crippen molar-refractivity contribution in [3.63, 3.8) is 0 Å². The normalized spacial score (nSPS) is 17.2. The molecule has 3 rings (SSSR count). The second kappa shape index (κ2) is 13.0. The monoisotopic (exact) mass is 698 g/mol. The van der Waals surface area contributed by atoms with Crippen molar-refractivity contribution in [2.24, 2.45) is 0 Å². The van der Waals surface area contributed by atoms with E-state index in [9.17, 15) is 10.2 Å². The van der Waals surface area contributed by atoms with Gasteiger partial charge >= 0.3 is 0 Å². The van der Waals surface area contributed by atoms with Gasteiger partial charge in [0.25, 0.3) is 0 Å². The summed E-state index contributed by atoms with van der Waals surface area (Å²) < 4.78 is 15.1. The number of nitrogens with zero attached hydrogens (tertiary/aromatic N) is 2. The maximum absolute atomic E-state index is 10.4. The van der Waals surface area contributed by atoms with E-state index in [1.54, 1.807) is 0 Å². The predicted molar refractivity (Wildman–Crippen MR) is 140 cm³/mol. The van der Waals surface area contributed by atoms with E-state index in [-0.39, 0.29) is 13.2 Å². The lowest BCUT2D eigenvalue weighted by molar-refractivity contribution is 0.0239. The van der Waals surface area contributed by atoms with Crippen LogP contribution in [0.3, 0.4) is 0 Å². The minimum absolute atomic E-state index is 0.238. The third kappa shape index (κ3) is 8.54. The van der Waals surface area contributed by atoms with Gasteiger partial charge in [0.15, 0.2) is 0 Å². The highest BCUT2D eigenvalue weighted by molar-refractivity contribution is 9.11. The number of benzene rings is 2. The predicted octanol–water partition coefficient (Wildman–Crippen LogP) is 4.53. The molecule has 2 aromatic carbocycles. The van der Waals surface area contributed by atoms with Crippen molar-refractivity contribution >= 4 is 63.7 Å². The largest absolute Gasteiger partial charge is 0.490 e. The Bertz CT molecular complexity index is 810. The van der Waals surface area contributed by atoms with Gasteiger partial charge in [-0.15, -0.1) is 0 Å². The number of aliphatic hydroxyl groups is 2. The number of ether oxygens (including phenoxy) is 2. The van der Waals surface area contributed by atoms with E-state index in [4.69, 9.17) is 9.47 Å². The number of aliphatic hydroxyl groups excluding tert-OH is 2. The van der Waals surface area contributed by atoms with Crippen molar-refractivity contribution in [2.45, 2.75) is 12.2 Å². The van der Waals surface area contributed by atoms with Crippen LogP contribution in [0.4, 0.5) is 0 Å². The lowest BCUT2D eigenvalue weighted by Crippen LogP contribution is -2.51. The van der Waals surface area contributed by atoms with E-state index in [0.29, 0.717) is 24.6 Å². The zero-order chi connectivity index (χ0) is 23.1. The summed E-state index contributed by atoms with van der Waals surface area (Å²) in [5.41, 5.74) is 0. The molecule has 0 radical (unpaired) electrons. The van der Waals surface area contributed by atoms with Crippen molar-refractivity contribution in [2.75, 3.05) is 52.5 Å². The molecular formula is C22H26Br4N2O4. The lowest BCUT2D eigenvalue weighted by atomic mass is 10.2.